The molecule has 1 N–H and O–H groups in total. The van der Waals surface area contributed by atoms with Crippen LogP contribution in [0.2, 0.25) is 0 Å². The maximum absolute atomic E-state index is 12.6. The highest BCUT2D eigenvalue weighted by molar-refractivity contribution is 5.80. The largest absolute Gasteiger partial charge is 0.366 e. The third kappa shape index (κ3) is 3.05. The molecule has 2 aromatic rings. The predicted octanol–water partition coefficient (Wildman–Crippen LogP) is 0.761. The van der Waals surface area contributed by atoms with Gasteiger partial charge >= 0.3 is 0 Å². The van der Waals surface area contributed by atoms with Gasteiger partial charge in [0.1, 0.15) is 12.9 Å². The van der Waals surface area contributed by atoms with E-state index in [1.54, 1.807) is 4.52 Å². The Morgan fingerprint density at radius 2 is 2.27 bits per heavy atom. The number of carbonyl (C=O) groups excluding carboxylic acids is 2. The summed E-state index contributed by atoms with van der Waals surface area (Å²) in [7, 11) is 0. The van der Waals surface area contributed by atoms with Gasteiger partial charge in [0.2, 0.25) is 11.8 Å². The number of hydrogen-bond acceptors (Lipinski definition) is 5. The SMILES string of the molecule is CCN1C(=O)CO[C@H]2C[C@@H](C(=O)NCc3cccc4ncnn34)CC[C@@H]21. The number of ether oxygens (including phenoxy) is 1. The van der Waals surface area contributed by atoms with Crippen LogP contribution in [0.3, 0.4) is 0 Å². The van der Waals surface area contributed by atoms with Gasteiger partial charge in [0.15, 0.2) is 5.65 Å². The number of likely N-dealkylation sites (N-methyl/N-ethyl adjacent to an activating group) is 1. The van der Waals surface area contributed by atoms with Gasteiger partial charge in [-0.3, -0.25) is 9.59 Å². The molecule has 3 heterocycles. The van der Waals surface area contributed by atoms with Crippen molar-refractivity contribution < 1.29 is 14.3 Å². The standard InChI is InChI=1S/C18H23N5O3/c1-2-22-14-7-6-12(8-15(14)26-10-17(22)24)18(25)19-9-13-4-3-5-16-20-11-21-23(13)16/h3-5,11-12,14-15H,2,6-10H2,1H3,(H,19,25)/t12-,14-,15-/m0/s1. The van der Waals surface area contributed by atoms with E-state index in [9.17, 15) is 9.59 Å². The summed E-state index contributed by atoms with van der Waals surface area (Å²) in [6.07, 6.45) is 3.70. The molecule has 2 amide bonds. The summed E-state index contributed by atoms with van der Waals surface area (Å²) in [6, 6.07) is 5.81. The first-order valence-electron chi connectivity index (χ1n) is 9.13. The summed E-state index contributed by atoms with van der Waals surface area (Å²) in [5.41, 5.74) is 1.65. The van der Waals surface area contributed by atoms with E-state index >= 15 is 0 Å². The molecular formula is C18H23N5O3. The quantitative estimate of drug-likeness (QED) is 0.873. The monoisotopic (exact) mass is 357 g/mol. The van der Waals surface area contributed by atoms with Crippen molar-refractivity contribution in [2.75, 3.05) is 13.2 Å². The minimum absolute atomic E-state index is 0.0316. The van der Waals surface area contributed by atoms with Crippen LogP contribution >= 0.6 is 0 Å². The minimum atomic E-state index is -0.0851. The van der Waals surface area contributed by atoms with E-state index in [0.29, 0.717) is 19.5 Å². The zero-order valence-corrected chi connectivity index (χ0v) is 14.8. The molecule has 0 spiro atoms. The van der Waals surface area contributed by atoms with Gasteiger partial charge < -0.3 is 15.0 Å². The Morgan fingerprint density at radius 1 is 1.38 bits per heavy atom. The van der Waals surface area contributed by atoms with E-state index in [0.717, 1.165) is 24.2 Å². The highest BCUT2D eigenvalue weighted by Crippen LogP contribution is 2.32. The number of morpholine rings is 1. The Labute approximate surface area is 151 Å². The van der Waals surface area contributed by atoms with Crippen LogP contribution in [-0.2, 0) is 20.9 Å². The maximum atomic E-state index is 12.6. The lowest BCUT2D eigenvalue weighted by Crippen LogP contribution is -2.57. The molecule has 0 unspecified atom stereocenters. The second-order valence-electron chi connectivity index (χ2n) is 6.87. The molecular weight excluding hydrogens is 334 g/mol. The molecule has 138 valence electrons. The maximum Gasteiger partial charge on any atom is 0.248 e. The molecule has 1 aliphatic heterocycles. The third-order valence-corrected chi connectivity index (χ3v) is 5.43. The third-order valence-electron chi connectivity index (χ3n) is 5.43. The lowest BCUT2D eigenvalue weighted by molar-refractivity contribution is -0.163. The number of carbonyl (C=O) groups is 2. The Morgan fingerprint density at radius 3 is 3.12 bits per heavy atom. The van der Waals surface area contributed by atoms with Crippen molar-refractivity contribution in [2.24, 2.45) is 5.92 Å². The molecule has 2 aromatic heterocycles. The topological polar surface area (TPSA) is 88.8 Å². The number of nitrogens with zero attached hydrogens (tertiary/aromatic N) is 4. The Hall–Kier alpha value is -2.48. The Kier molecular flexibility index (Phi) is 4.58. The van der Waals surface area contributed by atoms with Crippen molar-refractivity contribution in [1.82, 2.24) is 24.8 Å². The molecule has 26 heavy (non-hydrogen) atoms. The number of rotatable bonds is 4. The second kappa shape index (κ2) is 7.03. The molecule has 2 fully saturated rings. The van der Waals surface area contributed by atoms with Crippen LogP contribution in [0.25, 0.3) is 5.65 Å². The summed E-state index contributed by atoms with van der Waals surface area (Å²) in [5.74, 6) is -0.000183. The van der Waals surface area contributed by atoms with Crippen LogP contribution in [0.15, 0.2) is 24.5 Å². The summed E-state index contributed by atoms with van der Waals surface area (Å²) in [6.45, 7) is 3.22. The van der Waals surface area contributed by atoms with Crippen LogP contribution in [-0.4, -0.2) is 56.6 Å². The summed E-state index contributed by atoms with van der Waals surface area (Å²) in [4.78, 5) is 30.6. The number of nitrogens with one attached hydrogen (secondary N) is 1. The molecule has 1 aliphatic carbocycles. The van der Waals surface area contributed by atoms with Crippen molar-refractivity contribution in [3.05, 3.63) is 30.2 Å². The molecule has 2 aliphatic rings. The second-order valence-corrected chi connectivity index (χ2v) is 6.87. The first-order valence-corrected chi connectivity index (χ1v) is 9.13. The molecule has 8 nitrogen and oxygen atoms in total. The number of aromatic nitrogens is 3. The van der Waals surface area contributed by atoms with Gasteiger partial charge in [0.25, 0.3) is 0 Å². The van der Waals surface area contributed by atoms with Gasteiger partial charge in [-0.25, -0.2) is 9.50 Å². The Bertz CT molecular complexity index is 820. The number of amides is 2. The van der Waals surface area contributed by atoms with Crippen molar-refractivity contribution in [3.63, 3.8) is 0 Å². The summed E-state index contributed by atoms with van der Waals surface area (Å²) >= 11 is 0. The van der Waals surface area contributed by atoms with E-state index in [-0.39, 0.29) is 36.5 Å². The molecule has 0 bridgehead atoms. The van der Waals surface area contributed by atoms with Gasteiger partial charge in [-0.05, 0) is 38.3 Å². The van der Waals surface area contributed by atoms with Gasteiger partial charge in [-0.2, -0.15) is 5.10 Å². The highest BCUT2D eigenvalue weighted by atomic mass is 16.5. The lowest BCUT2D eigenvalue weighted by Gasteiger charge is -2.44. The van der Waals surface area contributed by atoms with Crippen LogP contribution in [0.5, 0.6) is 0 Å². The number of fused-ring (bicyclic) bond motifs is 2. The van der Waals surface area contributed by atoms with Crippen molar-refractivity contribution in [3.8, 4) is 0 Å². The summed E-state index contributed by atoms with van der Waals surface area (Å²) < 4.78 is 7.45. The average molecular weight is 357 g/mol. The van der Waals surface area contributed by atoms with E-state index in [1.807, 2.05) is 30.0 Å². The van der Waals surface area contributed by atoms with Gasteiger partial charge in [-0.15, -0.1) is 0 Å². The fraction of sp³-hybridized carbons (Fsp3) is 0.556. The van der Waals surface area contributed by atoms with Crippen LogP contribution in [0.4, 0.5) is 0 Å². The van der Waals surface area contributed by atoms with Gasteiger partial charge in [0, 0.05) is 12.5 Å². The highest BCUT2D eigenvalue weighted by Gasteiger charge is 2.41. The van der Waals surface area contributed by atoms with Crippen LogP contribution in [0.1, 0.15) is 31.9 Å². The molecule has 1 saturated carbocycles. The van der Waals surface area contributed by atoms with E-state index in [2.05, 4.69) is 15.4 Å². The lowest BCUT2D eigenvalue weighted by atomic mass is 9.81. The molecule has 8 heteroatoms. The van der Waals surface area contributed by atoms with E-state index in [1.165, 1.54) is 6.33 Å². The summed E-state index contributed by atoms with van der Waals surface area (Å²) in [5, 5.41) is 7.20. The minimum Gasteiger partial charge on any atom is -0.366 e. The van der Waals surface area contributed by atoms with Crippen molar-refractivity contribution in [1.29, 1.82) is 0 Å². The molecule has 0 aromatic carbocycles. The number of hydrogen-bond donors (Lipinski definition) is 1. The zero-order valence-electron chi connectivity index (χ0n) is 14.8. The van der Waals surface area contributed by atoms with Gasteiger partial charge in [0.05, 0.1) is 24.4 Å². The smallest absolute Gasteiger partial charge is 0.248 e. The van der Waals surface area contributed by atoms with Crippen LogP contribution in [0, 0.1) is 5.92 Å². The van der Waals surface area contributed by atoms with Crippen molar-refractivity contribution >= 4 is 17.5 Å². The molecule has 0 radical (unpaired) electrons. The fourth-order valence-electron chi connectivity index (χ4n) is 4.10. The molecule has 1 saturated heterocycles. The fourth-order valence-corrected chi connectivity index (χ4v) is 4.10. The van der Waals surface area contributed by atoms with E-state index < -0.39 is 0 Å². The van der Waals surface area contributed by atoms with Crippen molar-refractivity contribution in [2.45, 2.75) is 44.9 Å². The van der Waals surface area contributed by atoms with Crippen LogP contribution < -0.4 is 5.32 Å². The van der Waals surface area contributed by atoms with E-state index in [4.69, 9.17) is 4.74 Å². The predicted molar refractivity (Wildman–Crippen MR) is 93.1 cm³/mol. The van der Waals surface area contributed by atoms with Gasteiger partial charge in [-0.1, -0.05) is 6.07 Å². The number of pyridine rings is 1. The molecule has 3 atom stereocenters. The first kappa shape index (κ1) is 17.0. The Balaban J connectivity index is 1.37. The first-order chi connectivity index (χ1) is 12.7. The normalized spacial score (nSPS) is 26.0. The zero-order chi connectivity index (χ0) is 18.1. The average Bonchev–Trinajstić information content (AvgIpc) is 3.15. The molecule has 4 rings (SSSR count).